The van der Waals surface area contributed by atoms with Crippen molar-refractivity contribution in [1.82, 2.24) is 9.80 Å². The number of hydrogen-bond acceptors (Lipinski definition) is 2. The first kappa shape index (κ1) is 17.4. The summed E-state index contributed by atoms with van der Waals surface area (Å²) in [4.78, 5) is 27.9. The Hall–Kier alpha value is -1.91. The van der Waals surface area contributed by atoms with E-state index >= 15 is 0 Å². The number of nitrogens with zero attached hydrogens (tertiary/aromatic N) is 2. The second-order valence-corrected chi connectivity index (χ2v) is 6.45. The van der Waals surface area contributed by atoms with Crippen LogP contribution in [0.15, 0.2) is 24.3 Å². The Morgan fingerprint density at radius 1 is 1.04 bits per heavy atom. The van der Waals surface area contributed by atoms with Crippen molar-refractivity contribution in [2.45, 2.75) is 33.1 Å². The van der Waals surface area contributed by atoms with Gasteiger partial charge in [-0.05, 0) is 24.0 Å². The monoisotopic (exact) mass is 320 g/mol. The second-order valence-electron chi connectivity index (χ2n) is 6.45. The highest BCUT2D eigenvalue weighted by atomic mass is 19.1. The predicted molar refractivity (Wildman–Crippen MR) is 87.3 cm³/mol. The quantitative estimate of drug-likeness (QED) is 0.836. The van der Waals surface area contributed by atoms with E-state index in [1.165, 1.54) is 6.07 Å². The Labute approximate surface area is 137 Å². The summed E-state index contributed by atoms with van der Waals surface area (Å²) in [6.07, 6.45) is 1.28. The van der Waals surface area contributed by atoms with Crippen molar-refractivity contribution in [1.29, 1.82) is 0 Å². The molecule has 2 amide bonds. The number of amides is 2. The first-order valence-electron chi connectivity index (χ1n) is 8.26. The highest BCUT2D eigenvalue weighted by Gasteiger charge is 2.24. The van der Waals surface area contributed by atoms with Gasteiger partial charge in [0.2, 0.25) is 11.8 Å². The molecular formula is C18H25FN2O2. The maximum atomic E-state index is 13.6. The van der Waals surface area contributed by atoms with E-state index in [-0.39, 0.29) is 17.6 Å². The van der Waals surface area contributed by atoms with Crippen LogP contribution in [0.5, 0.6) is 0 Å². The summed E-state index contributed by atoms with van der Waals surface area (Å²) in [6, 6.07) is 6.56. The van der Waals surface area contributed by atoms with E-state index in [1.807, 2.05) is 18.7 Å². The SMILES string of the molecule is CC(C)CC(=O)N1CCN(C(=O)CCc2ccccc2F)CC1. The molecular weight excluding hydrogens is 295 g/mol. The number of aryl methyl sites for hydroxylation is 1. The average Bonchev–Trinajstić information content (AvgIpc) is 2.53. The summed E-state index contributed by atoms with van der Waals surface area (Å²) in [6.45, 7) is 6.38. The smallest absolute Gasteiger partial charge is 0.223 e. The highest BCUT2D eigenvalue weighted by Crippen LogP contribution is 2.12. The fourth-order valence-corrected chi connectivity index (χ4v) is 2.78. The number of piperazine rings is 1. The molecule has 0 atom stereocenters. The number of carbonyl (C=O) groups is 2. The van der Waals surface area contributed by atoms with Crippen LogP contribution >= 0.6 is 0 Å². The van der Waals surface area contributed by atoms with Gasteiger partial charge < -0.3 is 9.80 Å². The molecule has 0 spiro atoms. The molecule has 0 saturated carbocycles. The van der Waals surface area contributed by atoms with E-state index in [4.69, 9.17) is 0 Å². The maximum absolute atomic E-state index is 13.6. The van der Waals surface area contributed by atoms with Gasteiger partial charge in [0, 0.05) is 39.0 Å². The van der Waals surface area contributed by atoms with E-state index in [1.54, 1.807) is 23.1 Å². The molecule has 1 aliphatic heterocycles. The third kappa shape index (κ3) is 5.05. The topological polar surface area (TPSA) is 40.6 Å². The molecule has 0 radical (unpaired) electrons. The van der Waals surface area contributed by atoms with Crippen LogP contribution < -0.4 is 0 Å². The molecule has 1 aliphatic rings. The lowest BCUT2D eigenvalue weighted by molar-refractivity contribution is -0.140. The maximum Gasteiger partial charge on any atom is 0.223 e. The van der Waals surface area contributed by atoms with Gasteiger partial charge in [0.05, 0.1) is 0 Å². The van der Waals surface area contributed by atoms with Gasteiger partial charge in [0.1, 0.15) is 5.82 Å². The first-order valence-corrected chi connectivity index (χ1v) is 8.26. The van der Waals surface area contributed by atoms with Crippen LogP contribution in [0.2, 0.25) is 0 Å². The summed E-state index contributed by atoms with van der Waals surface area (Å²) in [7, 11) is 0. The zero-order chi connectivity index (χ0) is 16.8. The molecule has 2 rings (SSSR count). The Bertz CT molecular complexity index is 552. The van der Waals surface area contributed by atoms with E-state index < -0.39 is 0 Å². The van der Waals surface area contributed by atoms with Crippen molar-refractivity contribution >= 4 is 11.8 Å². The summed E-state index contributed by atoms with van der Waals surface area (Å²) in [5, 5.41) is 0. The molecule has 126 valence electrons. The second kappa shape index (κ2) is 8.09. The minimum Gasteiger partial charge on any atom is -0.339 e. The molecule has 0 bridgehead atoms. The van der Waals surface area contributed by atoms with Gasteiger partial charge in [-0.25, -0.2) is 4.39 Å². The lowest BCUT2D eigenvalue weighted by Gasteiger charge is -2.35. The third-order valence-corrected chi connectivity index (χ3v) is 4.13. The van der Waals surface area contributed by atoms with Crippen molar-refractivity contribution in [3.05, 3.63) is 35.6 Å². The van der Waals surface area contributed by atoms with Crippen LogP contribution in [0, 0.1) is 11.7 Å². The van der Waals surface area contributed by atoms with Crippen molar-refractivity contribution in [2.24, 2.45) is 5.92 Å². The number of benzene rings is 1. The largest absolute Gasteiger partial charge is 0.339 e. The molecule has 1 saturated heterocycles. The van der Waals surface area contributed by atoms with Gasteiger partial charge in [0.25, 0.3) is 0 Å². The summed E-state index contributed by atoms with van der Waals surface area (Å²) in [5.41, 5.74) is 0.576. The van der Waals surface area contributed by atoms with Gasteiger partial charge in [-0.15, -0.1) is 0 Å². The minimum absolute atomic E-state index is 0.0317. The first-order chi connectivity index (χ1) is 11.0. The number of hydrogen-bond donors (Lipinski definition) is 0. The lowest BCUT2D eigenvalue weighted by atomic mass is 10.1. The lowest BCUT2D eigenvalue weighted by Crippen LogP contribution is -2.50. The Kier molecular flexibility index (Phi) is 6.13. The standard InChI is InChI=1S/C18H25FN2O2/c1-14(2)13-18(23)21-11-9-20(10-12-21)17(22)8-7-15-5-3-4-6-16(15)19/h3-6,14H,7-13H2,1-2H3. The van der Waals surface area contributed by atoms with Crippen LogP contribution in [0.4, 0.5) is 4.39 Å². The van der Waals surface area contributed by atoms with Crippen LogP contribution in [0.25, 0.3) is 0 Å². The Morgan fingerprint density at radius 2 is 1.61 bits per heavy atom. The van der Waals surface area contributed by atoms with Crippen molar-refractivity contribution in [3.8, 4) is 0 Å². The average molecular weight is 320 g/mol. The summed E-state index contributed by atoms with van der Waals surface area (Å²) >= 11 is 0. The molecule has 0 aromatic heterocycles. The predicted octanol–water partition coefficient (Wildman–Crippen LogP) is 2.48. The molecule has 5 heteroatoms. The van der Waals surface area contributed by atoms with Crippen LogP contribution in [-0.4, -0.2) is 47.8 Å². The van der Waals surface area contributed by atoms with Gasteiger partial charge in [-0.1, -0.05) is 32.0 Å². The third-order valence-electron chi connectivity index (χ3n) is 4.13. The minimum atomic E-state index is -0.260. The zero-order valence-electron chi connectivity index (χ0n) is 13.9. The number of halogens is 1. The molecule has 0 N–H and O–H groups in total. The van der Waals surface area contributed by atoms with E-state index in [2.05, 4.69) is 0 Å². The van der Waals surface area contributed by atoms with Gasteiger partial charge >= 0.3 is 0 Å². The fourth-order valence-electron chi connectivity index (χ4n) is 2.78. The van der Waals surface area contributed by atoms with Crippen molar-refractivity contribution < 1.29 is 14.0 Å². The van der Waals surface area contributed by atoms with Gasteiger partial charge in [-0.2, -0.15) is 0 Å². The van der Waals surface area contributed by atoms with Crippen molar-refractivity contribution in [3.63, 3.8) is 0 Å². The molecule has 4 nitrogen and oxygen atoms in total. The normalized spacial score (nSPS) is 15.1. The van der Waals surface area contributed by atoms with E-state index in [0.717, 1.165) is 0 Å². The molecule has 1 heterocycles. The van der Waals surface area contributed by atoms with Crippen LogP contribution in [-0.2, 0) is 16.0 Å². The molecule has 0 aliphatic carbocycles. The molecule has 1 fully saturated rings. The van der Waals surface area contributed by atoms with Gasteiger partial charge in [-0.3, -0.25) is 9.59 Å². The summed E-state index contributed by atoms with van der Waals surface area (Å²) < 4.78 is 13.6. The molecule has 1 aromatic rings. The van der Waals surface area contributed by atoms with Crippen LogP contribution in [0.1, 0.15) is 32.3 Å². The number of rotatable bonds is 5. The van der Waals surface area contributed by atoms with Crippen LogP contribution in [0.3, 0.4) is 0 Å². The number of carbonyl (C=O) groups excluding carboxylic acids is 2. The fraction of sp³-hybridized carbons (Fsp3) is 0.556. The van der Waals surface area contributed by atoms with E-state index in [0.29, 0.717) is 56.9 Å². The van der Waals surface area contributed by atoms with Crippen molar-refractivity contribution in [2.75, 3.05) is 26.2 Å². The summed E-state index contributed by atoms with van der Waals surface area (Å²) in [5.74, 6) is 0.287. The highest BCUT2D eigenvalue weighted by molar-refractivity contribution is 5.78. The van der Waals surface area contributed by atoms with Gasteiger partial charge in [0.15, 0.2) is 0 Å². The molecule has 1 aromatic carbocycles. The zero-order valence-corrected chi connectivity index (χ0v) is 13.9. The molecule has 0 unspecified atom stereocenters. The Balaban J connectivity index is 1.77. The molecule has 23 heavy (non-hydrogen) atoms. The Morgan fingerprint density at radius 3 is 2.17 bits per heavy atom. The van der Waals surface area contributed by atoms with E-state index in [9.17, 15) is 14.0 Å².